The summed E-state index contributed by atoms with van der Waals surface area (Å²) in [6.45, 7) is 11.2. The number of nitrogens with two attached hydrogens (primary N) is 1. The molecule has 0 aliphatic heterocycles. The predicted molar refractivity (Wildman–Crippen MR) is 109 cm³/mol. The fraction of sp³-hybridized carbons (Fsp3) is 0.150. The molecule has 1 aromatic rings. The maximum Gasteiger partial charge on any atom is 0.140 e. The summed E-state index contributed by atoms with van der Waals surface area (Å²) in [5.41, 5.74) is 7.07. The molecule has 0 aromatic carbocycles. The van der Waals surface area contributed by atoms with Crippen molar-refractivity contribution in [2.75, 3.05) is 18.1 Å². The van der Waals surface area contributed by atoms with Gasteiger partial charge < -0.3 is 15.8 Å². The van der Waals surface area contributed by atoms with Crippen LogP contribution in [0.2, 0.25) is 0 Å². The number of ether oxygens (including phenoxy) is 1. The largest absolute Gasteiger partial charge is 0.462 e. The number of anilines is 2. The Bertz CT molecular complexity index is 800. The average molecular weight is 351 g/mol. The average Bonchev–Trinajstić information content (AvgIpc) is 2.64. The first-order chi connectivity index (χ1) is 12.5. The molecular formula is C20H25N5O. The van der Waals surface area contributed by atoms with E-state index >= 15 is 0 Å². The molecule has 1 heterocycles. The minimum atomic E-state index is 0.167. The summed E-state index contributed by atoms with van der Waals surface area (Å²) in [7, 11) is 1.71. The molecule has 0 unspecified atom stereocenters. The highest BCUT2D eigenvalue weighted by Gasteiger charge is 2.15. The van der Waals surface area contributed by atoms with Gasteiger partial charge in [-0.15, -0.1) is 0 Å². The number of nitrogens with one attached hydrogen (secondary N) is 2. The smallest absolute Gasteiger partial charge is 0.140 e. The summed E-state index contributed by atoms with van der Waals surface area (Å²) in [5, 5.41) is 11.4. The Hall–Kier alpha value is -3.41. The highest BCUT2D eigenvalue weighted by molar-refractivity contribution is 6.17. The first kappa shape index (κ1) is 20.6. The molecule has 0 amide bonds. The number of hydrogen-bond donors (Lipinski definition) is 3. The molecule has 0 atom stereocenters. The summed E-state index contributed by atoms with van der Waals surface area (Å²) in [5.74, 6) is 1.97. The third-order valence-corrected chi connectivity index (χ3v) is 3.30. The molecule has 0 bridgehead atoms. The molecule has 0 aliphatic carbocycles. The van der Waals surface area contributed by atoms with Crippen molar-refractivity contribution in [1.29, 1.82) is 5.41 Å². The van der Waals surface area contributed by atoms with E-state index in [-0.39, 0.29) is 11.5 Å². The Kier molecular flexibility index (Phi) is 8.30. The van der Waals surface area contributed by atoms with Crippen LogP contribution in [0.3, 0.4) is 0 Å². The van der Waals surface area contributed by atoms with E-state index in [1.54, 1.807) is 31.4 Å². The van der Waals surface area contributed by atoms with Crippen molar-refractivity contribution in [3.63, 3.8) is 0 Å². The van der Waals surface area contributed by atoms with Gasteiger partial charge in [-0.1, -0.05) is 31.4 Å². The molecule has 0 aliphatic rings. The standard InChI is InChI=1S/C20H25N5O/c1-6-9-10-16(8-3)26-14(4)11-12-15(7-2)18(21)17-19(22)24-13-25-20(17)23-5/h6-13,21H,2-3H2,1,4-5H3,(H3,22,23,24,25)/b9-6-,14-11+,15-12+,16-10+,21-18?. The normalized spacial score (nSPS) is 12.8. The lowest BCUT2D eigenvalue weighted by Crippen LogP contribution is -2.12. The number of allylic oxidation sites excluding steroid dienone is 9. The third kappa shape index (κ3) is 5.59. The van der Waals surface area contributed by atoms with Gasteiger partial charge in [-0.3, -0.25) is 5.41 Å². The van der Waals surface area contributed by atoms with Crippen molar-refractivity contribution in [3.05, 3.63) is 84.7 Å². The van der Waals surface area contributed by atoms with Crippen molar-refractivity contribution in [1.82, 2.24) is 9.97 Å². The predicted octanol–water partition coefficient (Wildman–Crippen LogP) is 4.15. The van der Waals surface area contributed by atoms with E-state index in [0.29, 0.717) is 28.5 Å². The lowest BCUT2D eigenvalue weighted by molar-refractivity contribution is 0.323. The van der Waals surface area contributed by atoms with Gasteiger partial charge in [0.15, 0.2) is 0 Å². The lowest BCUT2D eigenvalue weighted by atomic mass is 10.0. The zero-order chi connectivity index (χ0) is 19.5. The van der Waals surface area contributed by atoms with E-state index in [4.69, 9.17) is 15.9 Å². The van der Waals surface area contributed by atoms with Crippen molar-refractivity contribution in [3.8, 4) is 0 Å². The number of nitrogen functional groups attached to an aromatic ring is 1. The molecule has 136 valence electrons. The summed E-state index contributed by atoms with van der Waals surface area (Å²) in [4.78, 5) is 8.06. The fourth-order valence-corrected chi connectivity index (χ4v) is 1.99. The molecule has 0 saturated heterocycles. The Balaban J connectivity index is 3.13. The minimum Gasteiger partial charge on any atom is -0.462 e. The van der Waals surface area contributed by atoms with Gasteiger partial charge in [0, 0.05) is 7.05 Å². The van der Waals surface area contributed by atoms with Gasteiger partial charge in [0.25, 0.3) is 0 Å². The molecule has 1 rings (SSSR count). The Morgan fingerprint density at radius 1 is 1.23 bits per heavy atom. The molecule has 6 heteroatoms. The molecule has 0 radical (unpaired) electrons. The zero-order valence-corrected chi connectivity index (χ0v) is 15.4. The van der Waals surface area contributed by atoms with E-state index in [1.165, 1.54) is 6.33 Å². The number of rotatable bonds is 9. The van der Waals surface area contributed by atoms with Crippen molar-refractivity contribution < 1.29 is 4.74 Å². The van der Waals surface area contributed by atoms with Gasteiger partial charge in [0.05, 0.1) is 11.3 Å². The zero-order valence-electron chi connectivity index (χ0n) is 15.4. The maximum absolute atomic E-state index is 8.44. The summed E-state index contributed by atoms with van der Waals surface area (Å²) >= 11 is 0. The van der Waals surface area contributed by atoms with Crippen LogP contribution in [0.25, 0.3) is 0 Å². The van der Waals surface area contributed by atoms with Gasteiger partial charge in [-0.25, -0.2) is 9.97 Å². The molecular weight excluding hydrogens is 326 g/mol. The van der Waals surface area contributed by atoms with Gasteiger partial charge in [0.2, 0.25) is 0 Å². The number of hydrogen-bond acceptors (Lipinski definition) is 6. The van der Waals surface area contributed by atoms with Crippen LogP contribution < -0.4 is 11.1 Å². The van der Waals surface area contributed by atoms with Crippen molar-refractivity contribution >= 4 is 17.3 Å². The van der Waals surface area contributed by atoms with Gasteiger partial charge in [-0.2, -0.15) is 0 Å². The molecule has 6 nitrogen and oxygen atoms in total. The van der Waals surface area contributed by atoms with E-state index in [1.807, 2.05) is 32.1 Å². The van der Waals surface area contributed by atoms with Crippen LogP contribution in [-0.4, -0.2) is 22.7 Å². The summed E-state index contributed by atoms with van der Waals surface area (Å²) in [6.07, 6.45) is 13.6. The van der Waals surface area contributed by atoms with E-state index in [0.717, 1.165) is 0 Å². The molecule has 4 N–H and O–H groups in total. The van der Waals surface area contributed by atoms with Crippen LogP contribution >= 0.6 is 0 Å². The topological polar surface area (TPSA) is 96.9 Å². The van der Waals surface area contributed by atoms with Crippen LogP contribution in [0.5, 0.6) is 0 Å². The van der Waals surface area contributed by atoms with Crippen LogP contribution in [-0.2, 0) is 4.74 Å². The van der Waals surface area contributed by atoms with Crippen LogP contribution in [0, 0.1) is 5.41 Å². The maximum atomic E-state index is 8.44. The number of nitrogens with zero attached hydrogens (tertiary/aromatic N) is 2. The van der Waals surface area contributed by atoms with Crippen LogP contribution in [0.1, 0.15) is 19.4 Å². The summed E-state index contributed by atoms with van der Waals surface area (Å²) < 4.78 is 5.69. The second kappa shape index (κ2) is 10.5. The fourth-order valence-electron chi connectivity index (χ4n) is 1.99. The summed E-state index contributed by atoms with van der Waals surface area (Å²) in [6, 6.07) is 0. The molecule has 0 fully saturated rings. The molecule has 1 aromatic heterocycles. The van der Waals surface area contributed by atoms with Crippen LogP contribution in [0.15, 0.2) is 79.1 Å². The Labute approximate surface area is 154 Å². The van der Waals surface area contributed by atoms with Crippen molar-refractivity contribution in [2.24, 2.45) is 0 Å². The number of aromatic nitrogens is 2. The molecule has 0 saturated carbocycles. The molecule has 0 spiro atoms. The second-order valence-electron chi connectivity index (χ2n) is 5.11. The third-order valence-electron chi connectivity index (χ3n) is 3.30. The Morgan fingerprint density at radius 3 is 2.54 bits per heavy atom. The lowest BCUT2D eigenvalue weighted by Gasteiger charge is -2.11. The Morgan fingerprint density at radius 2 is 1.96 bits per heavy atom. The second-order valence-corrected chi connectivity index (χ2v) is 5.11. The van der Waals surface area contributed by atoms with Crippen LogP contribution in [0.4, 0.5) is 11.6 Å². The quantitative estimate of drug-likeness (QED) is 0.353. The monoisotopic (exact) mass is 351 g/mol. The van der Waals surface area contributed by atoms with Gasteiger partial charge in [-0.05, 0) is 43.7 Å². The van der Waals surface area contributed by atoms with Gasteiger partial charge >= 0.3 is 0 Å². The highest BCUT2D eigenvalue weighted by atomic mass is 16.5. The van der Waals surface area contributed by atoms with Crippen molar-refractivity contribution in [2.45, 2.75) is 13.8 Å². The highest BCUT2D eigenvalue weighted by Crippen LogP contribution is 2.21. The first-order valence-corrected chi connectivity index (χ1v) is 8.00. The van der Waals surface area contributed by atoms with Gasteiger partial charge in [0.1, 0.15) is 29.5 Å². The SMILES string of the molecule is C=C/C(=C\C=C/C)O/C(C)=C/C=C(\C=C)C(=N)c1c(N)ncnc1NC. The van der Waals surface area contributed by atoms with E-state index in [9.17, 15) is 0 Å². The molecule has 26 heavy (non-hydrogen) atoms. The van der Waals surface area contributed by atoms with E-state index in [2.05, 4.69) is 28.4 Å². The first-order valence-electron chi connectivity index (χ1n) is 8.00. The minimum absolute atomic E-state index is 0.167. The van der Waals surface area contributed by atoms with E-state index < -0.39 is 0 Å².